The van der Waals surface area contributed by atoms with E-state index < -0.39 is 0 Å². The first-order valence-corrected chi connectivity index (χ1v) is 5.85. The van der Waals surface area contributed by atoms with Crippen LogP contribution in [0, 0.1) is 13.8 Å². The smallest absolute Gasteiger partial charge is 0.122 e. The van der Waals surface area contributed by atoms with Gasteiger partial charge in [0.15, 0.2) is 0 Å². The van der Waals surface area contributed by atoms with Gasteiger partial charge >= 0.3 is 0 Å². The van der Waals surface area contributed by atoms with E-state index >= 15 is 0 Å². The van der Waals surface area contributed by atoms with Crippen molar-refractivity contribution in [2.24, 2.45) is 0 Å². The quantitative estimate of drug-likeness (QED) is 0.799. The number of hydrogen-bond acceptors (Lipinski definition) is 2. The van der Waals surface area contributed by atoms with Gasteiger partial charge in [-0.3, -0.25) is 4.98 Å². The number of ether oxygens (including phenoxy) is 1. The predicted octanol–water partition coefficient (Wildman–Crippen LogP) is 3.32. The van der Waals surface area contributed by atoms with Gasteiger partial charge in [-0.25, -0.2) is 0 Å². The van der Waals surface area contributed by atoms with E-state index in [-0.39, 0.29) is 0 Å². The lowest BCUT2D eigenvalue weighted by Crippen LogP contribution is -2.03. The molecule has 0 aliphatic rings. The SMILES string of the molecule is Cc1cccc(OCCc2ccncc2)c1C. The second-order valence-electron chi connectivity index (χ2n) is 4.15. The minimum absolute atomic E-state index is 0.703. The van der Waals surface area contributed by atoms with Gasteiger partial charge in [0.2, 0.25) is 0 Å². The lowest BCUT2D eigenvalue weighted by Gasteiger charge is -2.10. The minimum Gasteiger partial charge on any atom is -0.493 e. The average Bonchev–Trinajstić information content (AvgIpc) is 2.36. The standard InChI is InChI=1S/C15H17NO/c1-12-4-3-5-15(13(12)2)17-11-8-14-6-9-16-10-7-14/h3-7,9-10H,8,11H2,1-2H3. The Kier molecular flexibility index (Phi) is 3.76. The molecule has 2 heteroatoms. The van der Waals surface area contributed by atoms with Crippen molar-refractivity contribution in [1.82, 2.24) is 4.98 Å². The van der Waals surface area contributed by atoms with E-state index in [0.717, 1.165) is 12.2 Å². The number of aromatic nitrogens is 1. The zero-order valence-corrected chi connectivity index (χ0v) is 10.3. The molecule has 88 valence electrons. The Morgan fingerprint density at radius 1 is 1.06 bits per heavy atom. The number of pyridine rings is 1. The van der Waals surface area contributed by atoms with E-state index in [4.69, 9.17) is 4.74 Å². The van der Waals surface area contributed by atoms with Crippen molar-refractivity contribution in [2.45, 2.75) is 20.3 Å². The van der Waals surface area contributed by atoms with E-state index in [2.05, 4.69) is 24.9 Å². The summed E-state index contributed by atoms with van der Waals surface area (Å²) >= 11 is 0. The Morgan fingerprint density at radius 2 is 1.82 bits per heavy atom. The molecule has 0 spiro atoms. The summed E-state index contributed by atoms with van der Waals surface area (Å²) in [5.41, 5.74) is 3.75. The average molecular weight is 227 g/mol. The molecule has 0 bridgehead atoms. The maximum Gasteiger partial charge on any atom is 0.122 e. The Balaban J connectivity index is 1.93. The van der Waals surface area contributed by atoms with Gasteiger partial charge in [0.25, 0.3) is 0 Å². The fourth-order valence-corrected chi connectivity index (χ4v) is 1.71. The third-order valence-corrected chi connectivity index (χ3v) is 2.95. The second-order valence-corrected chi connectivity index (χ2v) is 4.15. The van der Waals surface area contributed by atoms with E-state index in [9.17, 15) is 0 Å². The Hall–Kier alpha value is -1.83. The highest BCUT2D eigenvalue weighted by Gasteiger charge is 2.01. The summed E-state index contributed by atoms with van der Waals surface area (Å²) < 4.78 is 5.80. The molecule has 2 nitrogen and oxygen atoms in total. The van der Waals surface area contributed by atoms with Crippen molar-refractivity contribution in [3.63, 3.8) is 0 Å². The van der Waals surface area contributed by atoms with Crippen molar-refractivity contribution in [2.75, 3.05) is 6.61 Å². The highest BCUT2D eigenvalue weighted by Crippen LogP contribution is 2.20. The van der Waals surface area contributed by atoms with Gasteiger partial charge in [0, 0.05) is 18.8 Å². The van der Waals surface area contributed by atoms with Crippen LogP contribution >= 0.6 is 0 Å². The van der Waals surface area contributed by atoms with Crippen LogP contribution in [0.3, 0.4) is 0 Å². The van der Waals surface area contributed by atoms with Crippen molar-refractivity contribution < 1.29 is 4.74 Å². The fourth-order valence-electron chi connectivity index (χ4n) is 1.71. The summed E-state index contributed by atoms with van der Waals surface area (Å²) in [6.45, 7) is 4.90. The number of rotatable bonds is 4. The molecule has 0 saturated heterocycles. The number of aryl methyl sites for hydroxylation is 1. The molecule has 1 heterocycles. The maximum atomic E-state index is 5.80. The lowest BCUT2D eigenvalue weighted by molar-refractivity contribution is 0.319. The first-order chi connectivity index (χ1) is 8.27. The van der Waals surface area contributed by atoms with Crippen molar-refractivity contribution in [1.29, 1.82) is 0 Å². The van der Waals surface area contributed by atoms with Gasteiger partial charge in [-0.05, 0) is 48.7 Å². The maximum absolute atomic E-state index is 5.80. The van der Waals surface area contributed by atoms with E-state index in [1.807, 2.05) is 36.7 Å². The molecule has 0 radical (unpaired) electrons. The zero-order chi connectivity index (χ0) is 12.1. The van der Waals surface area contributed by atoms with E-state index in [1.165, 1.54) is 16.7 Å². The first kappa shape index (κ1) is 11.6. The molecule has 0 fully saturated rings. The molecule has 0 aliphatic heterocycles. The van der Waals surface area contributed by atoms with Crippen LogP contribution in [0.4, 0.5) is 0 Å². The Bertz CT molecular complexity index is 480. The summed E-state index contributed by atoms with van der Waals surface area (Å²) in [5.74, 6) is 0.985. The summed E-state index contributed by atoms with van der Waals surface area (Å²) in [5, 5.41) is 0. The Morgan fingerprint density at radius 3 is 2.59 bits per heavy atom. The molecular weight excluding hydrogens is 210 g/mol. The van der Waals surface area contributed by atoms with Crippen LogP contribution in [0.25, 0.3) is 0 Å². The van der Waals surface area contributed by atoms with Gasteiger partial charge in [-0.1, -0.05) is 12.1 Å². The summed E-state index contributed by atoms with van der Waals surface area (Å²) in [4.78, 5) is 4.00. The summed E-state index contributed by atoms with van der Waals surface area (Å²) in [6.07, 6.45) is 4.54. The summed E-state index contributed by atoms with van der Waals surface area (Å²) in [7, 11) is 0. The Labute approximate surface area is 102 Å². The molecule has 0 amide bonds. The van der Waals surface area contributed by atoms with Crippen LogP contribution in [0.1, 0.15) is 16.7 Å². The molecule has 0 N–H and O–H groups in total. The molecule has 0 saturated carbocycles. The molecule has 1 aromatic carbocycles. The largest absolute Gasteiger partial charge is 0.493 e. The highest BCUT2D eigenvalue weighted by molar-refractivity contribution is 5.38. The monoisotopic (exact) mass is 227 g/mol. The van der Waals surface area contributed by atoms with Gasteiger partial charge in [-0.2, -0.15) is 0 Å². The highest BCUT2D eigenvalue weighted by atomic mass is 16.5. The van der Waals surface area contributed by atoms with Gasteiger partial charge < -0.3 is 4.74 Å². The van der Waals surface area contributed by atoms with Crippen molar-refractivity contribution in [3.05, 3.63) is 59.4 Å². The van der Waals surface area contributed by atoms with Gasteiger partial charge in [0.1, 0.15) is 5.75 Å². The molecule has 17 heavy (non-hydrogen) atoms. The topological polar surface area (TPSA) is 22.1 Å². The van der Waals surface area contributed by atoms with Crippen LogP contribution in [0.15, 0.2) is 42.7 Å². The third kappa shape index (κ3) is 3.06. The fraction of sp³-hybridized carbons (Fsp3) is 0.267. The van der Waals surface area contributed by atoms with E-state index in [0.29, 0.717) is 6.61 Å². The van der Waals surface area contributed by atoms with Crippen LogP contribution in [-0.4, -0.2) is 11.6 Å². The molecule has 0 aliphatic carbocycles. The molecule has 2 rings (SSSR count). The molecule has 1 aromatic heterocycles. The van der Waals surface area contributed by atoms with Crippen molar-refractivity contribution in [3.8, 4) is 5.75 Å². The van der Waals surface area contributed by atoms with Gasteiger partial charge in [0.05, 0.1) is 6.61 Å². The number of hydrogen-bond donors (Lipinski definition) is 0. The van der Waals surface area contributed by atoms with Crippen molar-refractivity contribution >= 4 is 0 Å². The second kappa shape index (κ2) is 5.48. The molecule has 0 atom stereocenters. The molecule has 0 unspecified atom stereocenters. The normalized spacial score (nSPS) is 10.2. The first-order valence-electron chi connectivity index (χ1n) is 5.85. The van der Waals surface area contributed by atoms with Gasteiger partial charge in [-0.15, -0.1) is 0 Å². The molecule has 2 aromatic rings. The van der Waals surface area contributed by atoms with Crippen LogP contribution in [0.5, 0.6) is 5.75 Å². The predicted molar refractivity (Wildman–Crippen MR) is 69.4 cm³/mol. The number of benzene rings is 1. The minimum atomic E-state index is 0.703. The van der Waals surface area contributed by atoms with Crippen LogP contribution in [-0.2, 0) is 6.42 Å². The summed E-state index contributed by atoms with van der Waals surface area (Å²) in [6, 6.07) is 10.2. The van der Waals surface area contributed by atoms with E-state index in [1.54, 1.807) is 0 Å². The third-order valence-electron chi connectivity index (χ3n) is 2.95. The molecular formula is C15H17NO. The number of nitrogens with zero attached hydrogens (tertiary/aromatic N) is 1. The van der Waals surface area contributed by atoms with Crippen LogP contribution in [0.2, 0.25) is 0 Å². The zero-order valence-electron chi connectivity index (χ0n) is 10.3. The van der Waals surface area contributed by atoms with Crippen LogP contribution < -0.4 is 4.74 Å². The lowest BCUT2D eigenvalue weighted by atomic mass is 10.1.